The highest BCUT2D eigenvalue weighted by Crippen LogP contribution is 2.42. The Kier molecular flexibility index (Phi) is 3.88. The van der Waals surface area contributed by atoms with Crippen LogP contribution in [0.2, 0.25) is 0 Å². The molecule has 0 saturated heterocycles. The number of nitrogens with two attached hydrogens (primary N) is 1. The van der Waals surface area contributed by atoms with Crippen molar-refractivity contribution >= 4 is 5.91 Å². The Balaban J connectivity index is 0.000000531. The van der Waals surface area contributed by atoms with Crippen molar-refractivity contribution in [3.63, 3.8) is 0 Å². The lowest BCUT2D eigenvalue weighted by molar-refractivity contribution is 0.0997. The molecule has 1 amide bonds. The van der Waals surface area contributed by atoms with E-state index in [0.29, 0.717) is 29.4 Å². The maximum Gasteiger partial charge on any atom is 0.254 e. The van der Waals surface area contributed by atoms with Gasteiger partial charge in [-0.2, -0.15) is 0 Å². The maximum atomic E-state index is 11.1. The summed E-state index contributed by atoms with van der Waals surface area (Å²) < 4.78 is 5.12. The minimum atomic E-state index is -0.417. The van der Waals surface area contributed by atoms with Crippen LogP contribution in [0.1, 0.15) is 61.3 Å². The highest BCUT2D eigenvalue weighted by atomic mass is 16.5. The average molecular weight is 210 g/mol. The molecule has 1 fully saturated rings. The van der Waals surface area contributed by atoms with Crippen molar-refractivity contribution in [2.75, 3.05) is 0 Å². The molecule has 0 bridgehead atoms. The first-order chi connectivity index (χ1) is 7.24. The molecule has 1 saturated carbocycles. The smallest absolute Gasteiger partial charge is 0.254 e. The van der Waals surface area contributed by atoms with Crippen LogP contribution < -0.4 is 5.73 Å². The third-order valence-corrected chi connectivity index (χ3v) is 2.32. The maximum absolute atomic E-state index is 11.1. The van der Waals surface area contributed by atoms with E-state index >= 15 is 0 Å². The van der Waals surface area contributed by atoms with Gasteiger partial charge in [0.1, 0.15) is 5.56 Å². The molecule has 4 nitrogen and oxygen atoms in total. The molecule has 0 unspecified atom stereocenters. The van der Waals surface area contributed by atoms with Crippen molar-refractivity contribution in [3.05, 3.63) is 17.0 Å². The Hall–Kier alpha value is -1.32. The van der Waals surface area contributed by atoms with Gasteiger partial charge in [0.15, 0.2) is 5.76 Å². The SMILES string of the molecule is CC.CCc1noc(C2CC2)c1C(N)=O. The summed E-state index contributed by atoms with van der Waals surface area (Å²) in [7, 11) is 0. The van der Waals surface area contributed by atoms with Crippen LogP contribution in [0.5, 0.6) is 0 Å². The van der Waals surface area contributed by atoms with E-state index in [2.05, 4.69) is 5.16 Å². The third-order valence-electron chi connectivity index (χ3n) is 2.32. The van der Waals surface area contributed by atoms with E-state index in [0.717, 1.165) is 12.8 Å². The highest BCUT2D eigenvalue weighted by molar-refractivity contribution is 5.95. The van der Waals surface area contributed by atoms with Crippen LogP contribution in [-0.2, 0) is 6.42 Å². The zero-order valence-electron chi connectivity index (χ0n) is 9.54. The first-order valence-electron chi connectivity index (χ1n) is 5.52. The first kappa shape index (κ1) is 11.8. The molecule has 2 rings (SSSR count). The molecule has 0 aliphatic heterocycles. The Morgan fingerprint density at radius 2 is 2.13 bits per heavy atom. The quantitative estimate of drug-likeness (QED) is 0.831. The molecule has 0 spiro atoms. The zero-order valence-corrected chi connectivity index (χ0v) is 9.54. The minimum Gasteiger partial charge on any atom is -0.365 e. The highest BCUT2D eigenvalue weighted by Gasteiger charge is 2.33. The Bertz CT molecular complexity index is 340. The number of amides is 1. The van der Waals surface area contributed by atoms with Gasteiger partial charge in [0, 0.05) is 5.92 Å². The fourth-order valence-electron chi connectivity index (χ4n) is 1.47. The minimum absolute atomic E-state index is 0.385. The van der Waals surface area contributed by atoms with Crippen molar-refractivity contribution in [2.45, 2.75) is 46.0 Å². The summed E-state index contributed by atoms with van der Waals surface area (Å²) >= 11 is 0. The van der Waals surface area contributed by atoms with Gasteiger partial charge in [-0.05, 0) is 19.3 Å². The lowest BCUT2D eigenvalue weighted by Gasteiger charge is -1.94. The molecule has 0 aromatic carbocycles. The molecule has 1 heterocycles. The summed E-state index contributed by atoms with van der Waals surface area (Å²) in [5.41, 5.74) is 6.47. The van der Waals surface area contributed by atoms with Gasteiger partial charge in [0.2, 0.25) is 0 Å². The molecule has 1 aliphatic rings. The molecule has 0 atom stereocenters. The lowest BCUT2D eigenvalue weighted by atomic mass is 10.1. The van der Waals surface area contributed by atoms with Gasteiger partial charge in [-0.25, -0.2) is 0 Å². The van der Waals surface area contributed by atoms with Crippen LogP contribution in [0.4, 0.5) is 0 Å². The van der Waals surface area contributed by atoms with Crippen LogP contribution in [-0.4, -0.2) is 11.1 Å². The van der Waals surface area contributed by atoms with E-state index in [1.807, 2.05) is 20.8 Å². The van der Waals surface area contributed by atoms with E-state index in [1.54, 1.807) is 0 Å². The van der Waals surface area contributed by atoms with Gasteiger partial charge < -0.3 is 10.3 Å². The van der Waals surface area contributed by atoms with Gasteiger partial charge in [-0.15, -0.1) is 0 Å². The number of rotatable bonds is 3. The molecular weight excluding hydrogens is 192 g/mol. The van der Waals surface area contributed by atoms with Crippen LogP contribution in [0, 0.1) is 0 Å². The molecule has 1 aliphatic carbocycles. The molecule has 15 heavy (non-hydrogen) atoms. The number of aryl methyl sites for hydroxylation is 1. The number of hydrogen-bond acceptors (Lipinski definition) is 3. The van der Waals surface area contributed by atoms with Crippen molar-refractivity contribution in [1.82, 2.24) is 5.16 Å². The Morgan fingerprint density at radius 1 is 1.53 bits per heavy atom. The van der Waals surface area contributed by atoms with Crippen molar-refractivity contribution in [1.29, 1.82) is 0 Å². The van der Waals surface area contributed by atoms with E-state index in [1.165, 1.54) is 0 Å². The fraction of sp³-hybridized carbons (Fsp3) is 0.636. The number of aromatic nitrogens is 1. The van der Waals surface area contributed by atoms with Gasteiger partial charge in [-0.3, -0.25) is 4.79 Å². The molecule has 1 aromatic rings. The van der Waals surface area contributed by atoms with E-state index < -0.39 is 5.91 Å². The molecule has 84 valence electrons. The normalized spacial score (nSPS) is 14.3. The number of carbonyl (C=O) groups excluding carboxylic acids is 1. The molecular formula is C11H18N2O2. The van der Waals surface area contributed by atoms with Gasteiger partial charge >= 0.3 is 0 Å². The number of primary amides is 1. The number of carbonyl (C=O) groups is 1. The summed E-state index contributed by atoms with van der Waals surface area (Å²) in [4.78, 5) is 11.1. The van der Waals surface area contributed by atoms with Crippen LogP contribution in [0.3, 0.4) is 0 Å². The van der Waals surface area contributed by atoms with Crippen molar-refractivity contribution in [2.24, 2.45) is 5.73 Å². The average Bonchev–Trinajstić information content (AvgIpc) is 3.00. The molecule has 0 radical (unpaired) electrons. The zero-order chi connectivity index (χ0) is 11.4. The lowest BCUT2D eigenvalue weighted by Crippen LogP contribution is -2.14. The summed E-state index contributed by atoms with van der Waals surface area (Å²) in [6.45, 7) is 5.93. The Labute approximate surface area is 89.8 Å². The summed E-state index contributed by atoms with van der Waals surface area (Å²) in [6.07, 6.45) is 2.85. The van der Waals surface area contributed by atoms with E-state index in [9.17, 15) is 4.79 Å². The van der Waals surface area contributed by atoms with Crippen molar-refractivity contribution in [3.8, 4) is 0 Å². The van der Waals surface area contributed by atoms with E-state index in [-0.39, 0.29) is 0 Å². The fourth-order valence-corrected chi connectivity index (χ4v) is 1.47. The molecule has 2 N–H and O–H groups in total. The summed E-state index contributed by atoms with van der Waals surface area (Å²) in [5, 5.41) is 3.84. The van der Waals surface area contributed by atoms with Crippen LogP contribution in [0.15, 0.2) is 4.52 Å². The second-order valence-electron chi connectivity index (χ2n) is 3.36. The summed E-state index contributed by atoms with van der Waals surface area (Å²) in [5.74, 6) is 0.666. The van der Waals surface area contributed by atoms with E-state index in [4.69, 9.17) is 10.3 Å². The molecule has 1 aromatic heterocycles. The first-order valence-corrected chi connectivity index (χ1v) is 5.52. The predicted octanol–water partition coefficient (Wildman–Crippen LogP) is 2.24. The number of hydrogen-bond donors (Lipinski definition) is 1. The van der Waals surface area contributed by atoms with Gasteiger partial charge in [0.05, 0.1) is 5.69 Å². The van der Waals surface area contributed by atoms with Crippen LogP contribution >= 0.6 is 0 Å². The Morgan fingerprint density at radius 3 is 2.53 bits per heavy atom. The molecule has 4 heteroatoms. The topological polar surface area (TPSA) is 69.1 Å². The second-order valence-corrected chi connectivity index (χ2v) is 3.36. The monoisotopic (exact) mass is 210 g/mol. The third kappa shape index (κ3) is 2.37. The number of nitrogens with zero attached hydrogens (tertiary/aromatic N) is 1. The van der Waals surface area contributed by atoms with Crippen molar-refractivity contribution < 1.29 is 9.32 Å². The summed E-state index contributed by atoms with van der Waals surface area (Å²) in [6, 6.07) is 0. The largest absolute Gasteiger partial charge is 0.365 e. The standard InChI is InChI=1S/C9H12N2O2.C2H6/c1-2-6-7(9(10)12)8(13-11-6)5-3-4-5;1-2/h5H,2-4H2,1H3,(H2,10,12);1-2H3. The van der Waals surface area contributed by atoms with Crippen LogP contribution in [0.25, 0.3) is 0 Å². The predicted molar refractivity (Wildman–Crippen MR) is 57.7 cm³/mol. The second kappa shape index (κ2) is 4.96. The van der Waals surface area contributed by atoms with Gasteiger partial charge in [-0.1, -0.05) is 25.9 Å². The van der Waals surface area contributed by atoms with Gasteiger partial charge in [0.25, 0.3) is 5.91 Å².